The van der Waals surface area contributed by atoms with Crippen molar-refractivity contribution in [2.45, 2.75) is 39.2 Å². The number of para-hydroxylation sites is 3. The number of rotatable bonds is 11. The summed E-state index contributed by atoms with van der Waals surface area (Å²) in [5, 5.41) is 0.464. The fourth-order valence-corrected chi connectivity index (χ4v) is 4.81. The van der Waals surface area contributed by atoms with Crippen LogP contribution in [0.4, 0.5) is 5.69 Å². The summed E-state index contributed by atoms with van der Waals surface area (Å²) >= 11 is 0. The van der Waals surface area contributed by atoms with Crippen molar-refractivity contribution in [1.82, 2.24) is 14.0 Å². The summed E-state index contributed by atoms with van der Waals surface area (Å²) in [5.74, 6) is 0.839. The maximum atomic E-state index is 13.4. The second kappa shape index (κ2) is 12.5. The van der Waals surface area contributed by atoms with E-state index in [0.29, 0.717) is 23.9 Å². The van der Waals surface area contributed by atoms with Crippen LogP contribution in [0, 0.1) is 0 Å². The number of allylic oxidation sites excluding steroid dienone is 1. The molecule has 3 aromatic rings. The number of hydrogen-bond donors (Lipinski definition) is 0. The molecular weight excluding hydrogens is 468 g/mol. The van der Waals surface area contributed by atoms with Gasteiger partial charge in [0, 0.05) is 51.9 Å². The van der Waals surface area contributed by atoms with Gasteiger partial charge in [0.2, 0.25) is 0 Å². The Kier molecular flexibility index (Phi) is 8.95. The first-order valence-electron chi connectivity index (χ1n) is 13.1. The highest BCUT2D eigenvalue weighted by atomic mass is 16.5. The Morgan fingerprint density at radius 2 is 1.68 bits per heavy atom. The highest BCUT2D eigenvalue weighted by Gasteiger charge is 2.20. The molecule has 0 saturated carbocycles. The summed E-state index contributed by atoms with van der Waals surface area (Å²) in [5.41, 5.74) is 0.868. The smallest absolute Gasteiger partial charge is 0.335 e. The van der Waals surface area contributed by atoms with Gasteiger partial charge in [-0.05, 0) is 36.8 Å². The molecule has 1 aliphatic heterocycles. The highest BCUT2D eigenvalue weighted by molar-refractivity contribution is 5.92. The maximum Gasteiger partial charge on any atom is 0.335 e. The van der Waals surface area contributed by atoms with Gasteiger partial charge in [0.05, 0.1) is 23.7 Å². The molecule has 0 amide bonds. The van der Waals surface area contributed by atoms with Crippen molar-refractivity contribution >= 4 is 28.6 Å². The van der Waals surface area contributed by atoms with E-state index in [1.807, 2.05) is 18.2 Å². The molecule has 37 heavy (non-hydrogen) atoms. The Balaban J connectivity index is 1.49. The minimum atomic E-state index is -0.422. The lowest BCUT2D eigenvalue weighted by molar-refractivity contribution is -0.114. The summed E-state index contributed by atoms with van der Waals surface area (Å²) < 4.78 is 8.22. The van der Waals surface area contributed by atoms with Crippen LogP contribution < -0.4 is 20.9 Å². The van der Waals surface area contributed by atoms with Crippen molar-refractivity contribution in [3.63, 3.8) is 0 Å². The van der Waals surface area contributed by atoms with E-state index in [2.05, 4.69) is 22.8 Å². The molecule has 8 heteroatoms. The fraction of sp³-hybridized carbons (Fsp3) is 0.414. The van der Waals surface area contributed by atoms with Crippen LogP contribution in [0.5, 0.6) is 5.75 Å². The first-order chi connectivity index (χ1) is 18.0. The lowest BCUT2D eigenvalue weighted by Gasteiger charge is -2.36. The predicted molar refractivity (Wildman–Crippen MR) is 149 cm³/mol. The van der Waals surface area contributed by atoms with Gasteiger partial charge in [-0.15, -0.1) is 0 Å². The van der Waals surface area contributed by atoms with Gasteiger partial charge in [0.25, 0.3) is 5.56 Å². The quantitative estimate of drug-likeness (QED) is 0.293. The second-order valence-corrected chi connectivity index (χ2v) is 9.37. The van der Waals surface area contributed by atoms with Crippen molar-refractivity contribution in [2.24, 2.45) is 0 Å². The third kappa shape index (κ3) is 6.20. The molecule has 8 nitrogen and oxygen atoms in total. The molecule has 0 unspecified atom stereocenters. The minimum Gasteiger partial charge on any atom is -0.495 e. The van der Waals surface area contributed by atoms with E-state index in [9.17, 15) is 14.4 Å². The molecule has 1 aromatic heterocycles. The minimum absolute atomic E-state index is 0.0184. The van der Waals surface area contributed by atoms with Crippen LogP contribution >= 0.6 is 0 Å². The molecule has 0 spiro atoms. The molecule has 1 saturated heterocycles. The van der Waals surface area contributed by atoms with Gasteiger partial charge in [-0.25, -0.2) is 4.79 Å². The van der Waals surface area contributed by atoms with E-state index in [0.717, 1.165) is 56.9 Å². The third-order valence-electron chi connectivity index (χ3n) is 6.95. The Hall–Kier alpha value is -3.65. The number of carbonyl (C=O) groups is 1. The monoisotopic (exact) mass is 504 g/mol. The third-order valence-corrected chi connectivity index (χ3v) is 6.95. The number of fused-ring (bicyclic) bond motifs is 1. The number of anilines is 1. The van der Waals surface area contributed by atoms with Gasteiger partial charge >= 0.3 is 5.69 Å². The summed E-state index contributed by atoms with van der Waals surface area (Å²) in [6, 6.07) is 15.1. The topological polar surface area (TPSA) is 76.8 Å². The molecule has 0 N–H and O–H groups in total. The van der Waals surface area contributed by atoms with Gasteiger partial charge in [0.1, 0.15) is 5.75 Å². The maximum absolute atomic E-state index is 13.4. The Morgan fingerprint density at radius 1 is 0.946 bits per heavy atom. The number of ether oxygens (including phenoxy) is 1. The number of carbonyl (C=O) groups excluding carboxylic acids is 1. The Morgan fingerprint density at radius 3 is 2.43 bits per heavy atom. The normalized spacial score (nSPS) is 14.5. The zero-order valence-electron chi connectivity index (χ0n) is 21.8. The van der Waals surface area contributed by atoms with Crippen LogP contribution in [0.2, 0.25) is 0 Å². The second-order valence-electron chi connectivity index (χ2n) is 9.37. The number of nitrogens with zero attached hydrogens (tertiary/aromatic N) is 4. The fourth-order valence-electron chi connectivity index (χ4n) is 4.81. The Labute approximate surface area is 217 Å². The van der Waals surface area contributed by atoms with Gasteiger partial charge in [0.15, 0.2) is 5.78 Å². The van der Waals surface area contributed by atoms with Crippen LogP contribution in [0.3, 0.4) is 0 Å². The molecule has 1 fully saturated rings. The van der Waals surface area contributed by atoms with Crippen molar-refractivity contribution in [2.75, 3.05) is 44.7 Å². The average Bonchev–Trinajstić information content (AvgIpc) is 2.93. The number of piperazine rings is 1. The zero-order chi connectivity index (χ0) is 26.2. The van der Waals surface area contributed by atoms with E-state index in [1.165, 1.54) is 21.4 Å². The molecule has 0 bridgehead atoms. The average molecular weight is 505 g/mol. The van der Waals surface area contributed by atoms with Gasteiger partial charge in [-0.3, -0.25) is 23.6 Å². The van der Waals surface area contributed by atoms with Crippen LogP contribution in [0.1, 0.15) is 32.6 Å². The number of methoxy groups -OCH3 is 1. The summed E-state index contributed by atoms with van der Waals surface area (Å²) in [7, 11) is 1.68. The number of hydrogen-bond acceptors (Lipinski definition) is 6. The first-order valence-corrected chi connectivity index (χ1v) is 13.1. The summed E-state index contributed by atoms with van der Waals surface area (Å²) in [6.45, 7) is 6.28. The van der Waals surface area contributed by atoms with Crippen molar-refractivity contribution < 1.29 is 9.53 Å². The van der Waals surface area contributed by atoms with Gasteiger partial charge in [-0.1, -0.05) is 44.0 Å². The molecule has 4 rings (SSSR count). The molecule has 0 aliphatic carbocycles. The van der Waals surface area contributed by atoms with E-state index < -0.39 is 5.69 Å². The van der Waals surface area contributed by atoms with Gasteiger partial charge in [-0.2, -0.15) is 0 Å². The SMILES string of the molecule is CCCCCC(=O)/C=C/n1c(=O)n(CCN2CCN(c3ccccc3OC)CC2)c(=O)c2ccccc21. The van der Waals surface area contributed by atoms with E-state index in [4.69, 9.17) is 4.74 Å². The Bertz CT molecular complexity index is 1370. The lowest BCUT2D eigenvalue weighted by atomic mass is 10.1. The van der Waals surface area contributed by atoms with Crippen LogP contribution in [-0.2, 0) is 11.3 Å². The zero-order valence-corrected chi connectivity index (χ0v) is 21.8. The predicted octanol–water partition coefficient (Wildman–Crippen LogP) is 3.61. The molecular formula is C29H36N4O4. The van der Waals surface area contributed by atoms with Gasteiger partial charge < -0.3 is 9.64 Å². The summed E-state index contributed by atoms with van der Waals surface area (Å²) in [4.78, 5) is 43.5. The highest BCUT2D eigenvalue weighted by Crippen LogP contribution is 2.28. The standard InChI is InChI=1S/C29H36N4O4/c1-3-4-5-10-23(34)15-16-32-25-12-7-6-11-24(25)28(35)33(29(32)36)22-19-30-17-20-31(21-18-30)26-13-8-9-14-27(26)37-2/h6-9,11-16H,3-5,10,17-22H2,1-2H3/b16-15+. The van der Waals surface area contributed by atoms with Crippen LogP contribution in [0.15, 0.2) is 64.2 Å². The molecule has 1 aliphatic rings. The van der Waals surface area contributed by atoms with E-state index >= 15 is 0 Å². The van der Waals surface area contributed by atoms with E-state index in [1.54, 1.807) is 31.4 Å². The van der Waals surface area contributed by atoms with Crippen LogP contribution in [-0.4, -0.2) is 59.7 Å². The number of ketones is 1. The van der Waals surface area contributed by atoms with E-state index in [-0.39, 0.29) is 17.9 Å². The van der Waals surface area contributed by atoms with Crippen molar-refractivity contribution in [1.29, 1.82) is 0 Å². The molecule has 0 radical (unpaired) electrons. The molecule has 0 atom stereocenters. The van der Waals surface area contributed by atoms with Crippen molar-refractivity contribution in [3.05, 3.63) is 75.4 Å². The molecule has 2 aromatic carbocycles. The number of benzene rings is 2. The largest absolute Gasteiger partial charge is 0.495 e. The number of aromatic nitrogens is 2. The van der Waals surface area contributed by atoms with Crippen LogP contribution in [0.25, 0.3) is 17.1 Å². The number of unbranched alkanes of at least 4 members (excludes halogenated alkanes) is 2. The molecule has 2 heterocycles. The summed E-state index contributed by atoms with van der Waals surface area (Å²) in [6.07, 6.45) is 6.30. The van der Waals surface area contributed by atoms with Crippen molar-refractivity contribution in [3.8, 4) is 5.75 Å². The lowest BCUT2D eigenvalue weighted by Crippen LogP contribution is -2.49. The molecule has 196 valence electrons. The first kappa shape index (κ1) is 26.4.